The van der Waals surface area contributed by atoms with Crippen molar-refractivity contribution >= 4 is 6.29 Å². The van der Waals surface area contributed by atoms with Crippen molar-refractivity contribution in [1.29, 1.82) is 0 Å². The summed E-state index contributed by atoms with van der Waals surface area (Å²) in [5.41, 5.74) is 1.72. The molecular weight excluding hydrogens is 230 g/mol. The van der Waals surface area contributed by atoms with Crippen LogP contribution in [0, 0.1) is 5.92 Å². The zero-order valence-electron chi connectivity index (χ0n) is 9.83. The minimum atomic E-state index is -0.363. The van der Waals surface area contributed by atoms with Crippen molar-refractivity contribution in [2.24, 2.45) is 5.92 Å². The molecule has 1 aliphatic carbocycles. The first-order chi connectivity index (χ1) is 8.79. The third kappa shape index (κ3) is 1.70. The van der Waals surface area contributed by atoms with Crippen LogP contribution in [0.1, 0.15) is 17.9 Å². The number of aromatic nitrogens is 1. The smallest absolute Gasteiger partial charge is 0.412 e. The first-order valence-electron chi connectivity index (χ1n) is 6.04. The van der Waals surface area contributed by atoms with E-state index in [0.717, 1.165) is 24.1 Å². The lowest BCUT2D eigenvalue weighted by Crippen LogP contribution is -2.19. The molecule has 0 fully saturated rings. The Hall–Kier alpha value is -2.10. The third-order valence-corrected chi connectivity index (χ3v) is 3.39. The largest absolute Gasteiger partial charge is 0.424 e. The molecular formula is C14H13NO3. The summed E-state index contributed by atoms with van der Waals surface area (Å²) in [5, 5.41) is 0. The molecule has 0 saturated carbocycles. The highest BCUT2D eigenvalue weighted by molar-refractivity contribution is 5.55. The molecule has 0 saturated heterocycles. The summed E-state index contributed by atoms with van der Waals surface area (Å²) in [6.07, 6.45) is 2.97. The molecule has 4 nitrogen and oxygen atoms in total. The van der Waals surface area contributed by atoms with Gasteiger partial charge < -0.3 is 9.21 Å². The van der Waals surface area contributed by atoms with Crippen LogP contribution in [0.15, 0.2) is 39.5 Å². The van der Waals surface area contributed by atoms with E-state index in [1.165, 1.54) is 0 Å². The monoisotopic (exact) mass is 243 g/mol. The number of rotatable bonds is 2. The molecule has 0 N–H and O–H groups in total. The number of fused-ring (bicyclic) bond motifs is 1. The molecule has 1 unspecified atom stereocenters. The summed E-state index contributed by atoms with van der Waals surface area (Å²) in [4.78, 5) is 22.7. The fourth-order valence-electron chi connectivity index (χ4n) is 2.47. The van der Waals surface area contributed by atoms with Gasteiger partial charge in [-0.15, -0.1) is 0 Å². The summed E-state index contributed by atoms with van der Waals surface area (Å²) in [6.45, 7) is 0. The lowest BCUT2D eigenvalue weighted by Gasteiger charge is -2.16. The van der Waals surface area contributed by atoms with Crippen molar-refractivity contribution in [1.82, 2.24) is 4.57 Å². The van der Waals surface area contributed by atoms with Gasteiger partial charge in [0.05, 0.1) is 11.4 Å². The molecule has 92 valence electrons. The predicted octanol–water partition coefficient (Wildman–Crippen LogP) is 1.73. The zero-order valence-corrected chi connectivity index (χ0v) is 9.83. The summed E-state index contributed by atoms with van der Waals surface area (Å²) in [7, 11) is 0. The first kappa shape index (κ1) is 11.0. The first-order valence-corrected chi connectivity index (χ1v) is 6.04. The number of benzene rings is 1. The topological polar surface area (TPSA) is 52.2 Å². The second-order valence-electron chi connectivity index (χ2n) is 4.55. The Balaban J connectivity index is 2.11. The van der Waals surface area contributed by atoms with Crippen molar-refractivity contribution in [3.8, 4) is 5.69 Å². The normalized spacial score (nSPS) is 18.3. The zero-order chi connectivity index (χ0) is 12.5. The van der Waals surface area contributed by atoms with Gasteiger partial charge in [0.2, 0.25) is 0 Å². The van der Waals surface area contributed by atoms with E-state index in [0.29, 0.717) is 18.6 Å². The van der Waals surface area contributed by atoms with Crippen LogP contribution >= 0.6 is 0 Å². The third-order valence-electron chi connectivity index (χ3n) is 3.39. The molecule has 0 amide bonds. The van der Waals surface area contributed by atoms with Gasteiger partial charge in [0.15, 0.2) is 0 Å². The molecule has 4 heteroatoms. The molecule has 0 spiro atoms. The average Bonchev–Trinajstić information content (AvgIpc) is 2.74. The van der Waals surface area contributed by atoms with Crippen molar-refractivity contribution < 1.29 is 9.21 Å². The standard InChI is InChI=1S/C14H13NO3/c16-9-10-6-7-12-13(8-10)18-14(17)15(12)11-4-2-1-3-5-11/h1-5,9-10H,6-8H2. The Morgan fingerprint density at radius 3 is 2.78 bits per heavy atom. The SMILES string of the molecule is O=CC1CCc2c(oc(=O)n2-c2ccccc2)C1. The van der Waals surface area contributed by atoms with Crippen LogP contribution in [-0.2, 0) is 17.6 Å². The molecule has 0 aliphatic heterocycles. The fraction of sp³-hybridized carbons (Fsp3) is 0.286. The Bertz CT molecular complexity index is 624. The van der Waals surface area contributed by atoms with Crippen molar-refractivity contribution in [2.75, 3.05) is 0 Å². The second-order valence-corrected chi connectivity index (χ2v) is 4.55. The molecule has 1 aromatic heterocycles. The minimum Gasteiger partial charge on any atom is -0.412 e. The number of nitrogens with zero attached hydrogens (tertiary/aromatic N) is 1. The van der Waals surface area contributed by atoms with E-state index in [4.69, 9.17) is 4.42 Å². The molecule has 0 bridgehead atoms. The van der Waals surface area contributed by atoms with E-state index >= 15 is 0 Å². The maximum atomic E-state index is 11.9. The maximum Gasteiger partial charge on any atom is 0.424 e. The van der Waals surface area contributed by atoms with E-state index in [2.05, 4.69) is 0 Å². The molecule has 1 heterocycles. The molecule has 1 aliphatic rings. The highest BCUT2D eigenvalue weighted by Crippen LogP contribution is 2.25. The number of hydrogen-bond acceptors (Lipinski definition) is 3. The second kappa shape index (κ2) is 4.29. The van der Waals surface area contributed by atoms with Gasteiger partial charge in [-0.05, 0) is 25.0 Å². The van der Waals surface area contributed by atoms with Crippen molar-refractivity contribution in [2.45, 2.75) is 19.3 Å². The fourth-order valence-corrected chi connectivity index (χ4v) is 2.47. The van der Waals surface area contributed by atoms with Gasteiger partial charge in [-0.1, -0.05) is 18.2 Å². The Morgan fingerprint density at radius 1 is 1.28 bits per heavy atom. The van der Waals surface area contributed by atoms with Crippen LogP contribution in [-0.4, -0.2) is 10.9 Å². The van der Waals surface area contributed by atoms with Crippen LogP contribution in [0.4, 0.5) is 0 Å². The summed E-state index contributed by atoms with van der Waals surface area (Å²) < 4.78 is 6.88. The van der Waals surface area contributed by atoms with Gasteiger partial charge in [0.1, 0.15) is 12.0 Å². The maximum absolute atomic E-state index is 11.9. The number of carbonyl (C=O) groups excluding carboxylic acids is 1. The van der Waals surface area contributed by atoms with E-state index in [1.54, 1.807) is 4.57 Å². The molecule has 18 heavy (non-hydrogen) atoms. The van der Waals surface area contributed by atoms with Gasteiger partial charge in [-0.3, -0.25) is 0 Å². The summed E-state index contributed by atoms with van der Waals surface area (Å²) >= 11 is 0. The van der Waals surface area contributed by atoms with Gasteiger partial charge in [-0.25, -0.2) is 9.36 Å². The Morgan fingerprint density at radius 2 is 2.06 bits per heavy atom. The highest BCUT2D eigenvalue weighted by atomic mass is 16.4. The number of oxazole rings is 1. The molecule has 1 atom stereocenters. The lowest BCUT2D eigenvalue weighted by atomic mass is 9.91. The van der Waals surface area contributed by atoms with Crippen LogP contribution in [0.25, 0.3) is 5.69 Å². The molecule has 2 aromatic rings. The van der Waals surface area contributed by atoms with Crippen LogP contribution < -0.4 is 5.76 Å². The highest BCUT2D eigenvalue weighted by Gasteiger charge is 2.26. The number of para-hydroxylation sites is 1. The van der Waals surface area contributed by atoms with Gasteiger partial charge in [0.25, 0.3) is 0 Å². The van der Waals surface area contributed by atoms with Crippen molar-refractivity contribution in [3.05, 3.63) is 52.3 Å². The van der Waals surface area contributed by atoms with E-state index in [1.807, 2.05) is 30.3 Å². The average molecular weight is 243 g/mol. The Labute approximate surface area is 104 Å². The van der Waals surface area contributed by atoms with E-state index < -0.39 is 0 Å². The number of hydrogen-bond donors (Lipinski definition) is 0. The quantitative estimate of drug-likeness (QED) is 0.755. The summed E-state index contributed by atoms with van der Waals surface area (Å²) in [6, 6.07) is 9.44. The predicted molar refractivity (Wildman–Crippen MR) is 65.9 cm³/mol. The van der Waals surface area contributed by atoms with Gasteiger partial charge in [0, 0.05) is 12.3 Å². The van der Waals surface area contributed by atoms with Crippen molar-refractivity contribution in [3.63, 3.8) is 0 Å². The molecule has 0 radical (unpaired) electrons. The molecule has 1 aromatic carbocycles. The van der Waals surface area contributed by atoms with Gasteiger partial charge in [-0.2, -0.15) is 0 Å². The minimum absolute atomic E-state index is 0.0210. The van der Waals surface area contributed by atoms with Crippen LogP contribution in [0.2, 0.25) is 0 Å². The lowest BCUT2D eigenvalue weighted by molar-refractivity contribution is -0.111. The summed E-state index contributed by atoms with van der Waals surface area (Å²) in [5.74, 6) is 0.275. The Kier molecular flexibility index (Phi) is 2.63. The van der Waals surface area contributed by atoms with Crippen LogP contribution in [0.5, 0.6) is 0 Å². The molecule has 3 rings (SSSR count). The van der Waals surface area contributed by atoms with Crippen LogP contribution in [0.3, 0.4) is 0 Å². The van der Waals surface area contributed by atoms with Gasteiger partial charge >= 0.3 is 5.76 Å². The van der Waals surface area contributed by atoms with E-state index in [-0.39, 0.29) is 11.7 Å². The van der Waals surface area contributed by atoms with E-state index in [9.17, 15) is 9.59 Å². The number of carbonyl (C=O) groups is 1. The number of aldehydes is 1.